The minimum atomic E-state index is -2.10. The highest BCUT2D eigenvalue weighted by molar-refractivity contribution is 5.59. The van der Waals surface area contributed by atoms with Gasteiger partial charge >= 0.3 is 0 Å². The third-order valence-corrected chi connectivity index (χ3v) is 9.28. The molecule has 3 saturated heterocycles. The van der Waals surface area contributed by atoms with Gasteiger partial charge in [-0.15, -0.1) is 0 Å². The lowest BCUT2D eigenvalue weighted by Gasteiger charge is -2.46. The van der Waals surface area contributed by atoms with Crippen LogP contribution >= 0.6 is 0 Å². The molecule has 0 bridgehead atoms. The fourth-order valence-electron chi connectivity index (χ4n) is 6.30. The molecule has 1 aromatic carbocycles. The molecule has 3 fully saturated rings. The predicted octanol–water partition coefficient (Wildman–Crippen LogP) is -5.22. The Labute approximate surface area is 278 Å². The fourth-order valence-corrected chi connectivity index (χ4v) is 6.30. The van der Waals surface area contributed by atoms with Crippen LogP contribution in [0.2, 0.25) is 0 Å². The summed E-state index contributed by atoms with van der Waals surface area (Å²) in [6.07, 6.45) is -17.5. The standard InChI is InChI=1S/C31H42O18/c32-9-17-18(36)19(37)22(40)28(48-17)30(44)4-3-13(16(35)8-30)2-1-12-5-14(34)7-15(6-12)47-29-23(41)20(38)21(39)25(49-29)24(42)26-27(43)31(45,10-33)11-46-26/h1-7,17-29,32-45H,8-11H2/t17-,18-,19+,20+,21+,22-,23-,24?,25+,26?,27+,28?,29?,30?,31?/m1/s1. The van der Waals surface area contributed by atoms with Gasteiger partial charge in [0.2, 0.25) is 6.29 Å². The van der Waals surface area contributed by atoms with Crippen molar-refractivity contribution in [2.45, 2.75) is 97.2 Å². The second-order valence-corrected chi connectivity index (χ2v) is 12.8. The Morgan fingerprint density at radius 2 is 1.53 bits per heavy atom. The van der Waals surface area contributed by atoms with E-state index >= 15 is 0 Å². The molecular formula is C31H42O18. The fraction of sp³-hybridized carbons (Fsp3) is 0.613. The van der Waals surface area contributed by atoms with E-state index in [0.29, 0.717) is 0 Å². The van der Waals surface area contributed by atoms with Gasteiger partial charge in [0.15, 0.2) is 0 Å². The molecule has 5 rings (SSSR count). The van der Waals surface area contributed by atoms with Crippen molar-refractivity contribution < 1.29 is 90.4 Å². The largest absolute Gasteiger partial charge is 0.512 e. The molecule has 274 valence electrons. The Hall–Kier alpha value is -2.76. The van der Waals surface area contributed by atoms with E-state index in [0.717, 1.165) is 6.07 Å². The van der Waals surface area contributed by atoms with Gasteiger partial charge in [-0.2, -0.15) is 0 Å². The highest BCUT2D eigenvalue weighted by Gasteiger charge is 2.56. The van der Waals surface area contributed by atoms with Gasteiger partial charge in [0.1, 0.15) is 102 Å². The van der Waals surface area contributed by atoms with Crippen LogP contribution in [0.15, 0.2) is 47.8 Å². The molecule has 0 saturated carbocycles. The SMILES string of the molecule is OC[C@H]1OC(C2(O)C=CC(C=Cc3cc(O)cc(OC4O[C@H](C(O)C5OCC(O)(CO)[C@H]5O)[C@@H](O)[C@H](O)[C@H]4O)c3)=C(O)C2)[C@H](O)[C@@H](O)[C@@H]1O. The quantitative estimate of drug-likeness (QED) is 0.114. The van der Waals surface area contributed by atoms with Crippen LogP contribution in [0.1, 0.15) is 12.0 Å². The number of allylic oxidation sites excluding steroid dienone is 3. The van der Waals surface area contributed by atoms with E-state index in [9.17, 15) is 71.5 Å². The van der Waals surface area contributed by atoms with Crippen molar-refractivity contribution in [3.63, 3.8) is 0 Å². The molecule has 0 radical (unpaired) electrons. The number of aliphatic hydroxyl groups excluding tert-OH is 11. The minimum Gasteiger partial charge on any atom is -0.512 e. The third-order valence-electron chi connectivity index (χ3n) is 9.28. The maximum atomic E-state index is 11.2. The summed E-state index contributed by atoms with van der Waals surface area (Å²) in [7, 11) is 0. The first-order chi connectivity index (χ1) is 23.0. The summed E-state index contributed by atoms with van der Waals surface area (Å²) >= 11 is 0. The Balaban J connectivity index is 1.29. The lowest BCUT2D eigenvalue weighted by Crippen LogP contribution is -2.65. The number of aliphatic hydroxyl groups is 13. The zero-order valence-electron chi connectivity index (χ0n) is 25.8. The molecule has 1 aliphatic carbocycles. The number of ether oxygens (including phenoxy) is 4. The second-order valence-electron chi connectivity index (χ2n) is 12.8. The number of benzene rings is 1. The highest BCUT2D eigenvalue weighted by Crippen LogP contribution is 2.37. The van der Waals surface area contributed by atoms with Crippen molar-refractivity contribution in [2.24, 2.45) is 0 Å². The van der Waals surface area contributed by atoms with Crippen LogP contribution in [0.4, 0.5) is 0 Å². The van der Waals surface area contributed by atoms with Crippen LogP contribution in [-0.4, -0.2) is 182 Å². The van der Waals surface area contributed by atoms with E-state index in [1.54, 1.807) is 0 Å². The van der Waals surface area contributed by atoms with Gasteiger partial charge < -0.3 is 90.4 Å². The first kappa shape index (κ1) is 37.5. The summed E-state index contributed by atoms with van der Waals surface area (Å²) in [6.45, 7) is -2.16. The second kappa shape index (κ2) is 14.5. The maximum Gasteiger partial charge on any atom is 0.229 e. The summed E-state index contributed by atoms with van der Waals surface area (Å²) < 4.78 is 21.9. The van der Waals surface area contributed by atoms with Gasteiger partial charge in [-0.3, -0.25) is 0 Å². The normalized spacial score (nSPS) is 43.7. The molecule has 4 aliphatic rings. The summed E-state index contributed by atoms with van der Waals surface area (Å²) in [6, 6.07) is 3.77. The molecule has 6 unspecified atom stereocenters. The first-order valence-electron chi connectivity index (χ1n) is 15.4. The van der Waals surface area contributed by atoms with E-state index in [1.165, 1.54) is 36.4 Å². The number of hydrogen-bond acceptors (Lipinski definition) is 18. The first-order valence-corrected chi connectivity index (χ1v) is 15.4. The molecule has 18 nitrogen and oxygen atoms in total. The monoisotopic (exact) mass is 702 g/mol. The van der Waals surface area contributed by atoms with Crippen LogP contribution in [0.5, 0.6) is 11.5 Å². The number of hydrogen-bond donors (Lipinski definition) is 14. The van der Waals surface area contributed by atoms with Crippen molar-refractivity contribution >= 4 is 6.08 Å². The van der Waals surface area contributed by atoms with Crippen LogP contribution in [0, 0.1) is 0 Å². The lowest BCUT2D eigenvalue weighted by molar-refractivity contribution is -0.296. The molecule has 0 aromatic heterocycles. The summed E-state index contributed by atoms with van der Waals surface area (Å²) in [5, 5.41) is 145. The van der Waals surface area contributed by atoms with Crippen LogP contribution in [0.3, 0.4) is 0 Å². The number of phenols is 1. The maximum absolute atomic E-state index is 11.2. The summed E-state index contributed by atoms with van der Waals surface area (Å²) in [4.78, 5) is 0. The minimum absolute atomic E-state index is 0.123. The third kappa shape index (κ3) is 7.22. The van der Waals surface area contributed by atoms with Crippen molar-refractivity contribution in [3.8, 4) is 11.5 Å². The summed E-state index contributed by atoms with van der Waals surface area (Å²) in [5.74, 6) is -0.819. The van der Waals surface area contributed by atoms with Crippen LogP contribution < -0.4 is 4.74 Å². The number of aromatic hydroxyl groups is 1. The topological polar surface area (TPSA) is 320 Å². The van der Waals surface area contributed by atoms with E-state index in [-0.39, 0.29) is 28.4 Å². The molecule has 14 N–H and O–H groups in total. The zero-order chi connectivity index (χ0) is 36.0. The average molecular weight is 703 g/mol. The van der Waals surface area contributed by atoms with Crippen molar-refractivity contribution in [2.75, 3.05) is 19.8 Å². The molecule has 18 heteroatoms. The molecule has 49 heavy (non-hydrogen) atoms. The van der Waals surface area contributed by atoms with Gasteiger partial charge in [-0.05, 0) is 23.8 Å². The van der Waals surface area contributed by atoms with Crippen LogP contribution in [-0.2, 0) is 14.2 Å². The van der Waals surface area contributed by atoms with Crippen LogP contribution in [0.25, 0.3) is 6.08 Å². The molecule has 15 atom stereocenters. The van der Waals surface area contributed by atoms with E-state index in [2.05, 4.69) is 0 Å². The molecule has 0 amide bonds. The molecular weight excluding hydrogens is 660 g/mol. The van der Waals surface area contributed by atoms with Gasteiger partial charge in [0.25, 0.3) is 0 Å². The van der Waals surface area contributed by atoms with Gasteiger partial charge in [-0.25, -0.2) is 0 Å². The van der Waals surface area contributed by atoms with E-state index < -0.39 is 117 Å². The molecule has 0 spiro atoms. The smallest absolute Gasteiger partial charge is 0.229 e. The van der Waals surface area contributed by atoms with Crippen molar-refractivity contribution in [1.29, 1.82) is 0 Å². The Morgan fingerprint density at radius 1 is 0.837 bits per heavy atom. The highest BCUT2D eigenvalue weighted by atomic mass is 16.7. The van der Waals surface area contributed by atoms with Gasteiger partial charge in [0.05, 0.1) is 19.8 Å². The van der Waals surface area contributed by atoms with E-state index in [4.69, 9.17) is 18.9 Å². The molecule has 1 aromatic rings. The Bertz CT molecular complexity index is 1420. The molecule has 3 heterocycles. The van der Waals surface area contributed by atoms with Crippen molar-refractivity contribution in [3.05, 3.63) is 53.3 Å². The lowest BCUT2D eigenvalue weighted by atomic mass is 9.79. The van der Waals surface area contributed by atoms with E-state index in [1.807, 2.05) is 0 Å². The van der Waals surface area contributed by atoms with Gasteiger partial charge in [-0.1, -0.05) is 18.2 Å². The predicted molar refractivity (Wildman–Crippen MR) is 160 cm³/mol. The zero-order valence-corrected chi connectivity index (χ0v) is 25.8. The van der Waals surface area contributed by atoms with Gasteiger partial charge in [0, 0.05) is 18.1 Å². The van der Waals surface area contributed by atoms with Crippen molar-refractivity contribution in [1.82, 2.24) is 0 Å². The Kier molecular flexibility index (Phi) is 11.1. The average Bonchev–Trinajstić information content (AvgIpc) is 3.36. The number of phenolic OH excluding ortho intramolecular Hbond substituents is 1. The molecule has 3 aliphatic heterocycles. The number of rotatable bonds is 9. The Morgan fingerprint density at radius 3 is 2.16 bits per heavy atom. The summed E-state index contributed by atoms with van der Waals surface area (Å²) in [5.41, 5.74) is -3.68.